The summed E-state index contributed by atoms with van der Waals surface area (Å²) in [5, 5.41) is 39.9. The molecule has 2 aliphatic rings. The van der Waals surface area contributed by atoms with Gasteiger partial charge < -0.3 is 0 Å². The highest BCUT2D eigenvalue weighted by atomic mass is 19.4. The zero-order chi connectivity index (χ0) is 36.5. The predicted molar refractivity (Wildman–Crippen MR) is 172 cm³/mol. The summed E-state index contributed by atoms with van der Waals surface area (Å²) in [5.74, 6) is -5.13. The maximum absolute atomic E-state index is 14.5. The Morgan fingerprint density at radius 2 is 0.804 bits per heavy atom. The van der Waals surface area contributed by atoms with Crippen LogP contribution in [0.15, 0.2) is 83.9 Å². The van der Waals surface area contributed by atoms with Gasteiger partial charge in [0.1, 0.15) is 64.3 Å². The first-order valence-corrected chi connectivity index (χ1v) is 14.9. The highest BCUT2D eigenvalue weighted by Gasteiger charge is 2.38. The minimum absolute atomic E-state index is 0.104. The van der Waals surface area contributed by atoms with Crippen molar-refractivity contribution in [2.24, 2.45) is 0 Å². The summed E-state index contributed by atoms with van der Waals surface area (Å²) in [6.07, 6.45) is -5.27. The topological polar surface area (TPSA) is 95.2 Å². The number of halogens is 7. The number of nitriles is 4. The van der Waals surface area contributed by atoms with E-state index in [2.05, 4.69) is 0 Å². The molecular formula is C40H15F7N4. The lowest BCUT2D eigenvalue weighted by atomic mass is 9.92. The number of hydrogen-bond donors (Lipinski definition) is 0. The molecule has 0 amide bonds. The Morgan fingerprint density at radius 1 is 0.451 bits per heavy atom. The van der Waals surface area contributed by atoms with E-state index in [1.165, 1.54) is 31.2 Å². The number of hydrogen-bond acceptors (Lipinski definition) is 4. The van der Waals surface area contributed by atoms with Crippen LogP contribution in [-0.4, -0.2) is 0 Å². The average Bonchev–Trinajstić information content (AvgIpc) is 3.57. The van der Waals surface area contributed by atoms with Gasteiger partial charge in [0.25, 0.3) is 0 Å². The zero-order valence-corrected chi connectivity index (χ0v) is 25.9. The minimum Gasteiger partial charge on any atom is -0.207 e. The van der Waals surface area contributed by atoms with E-state index in [0.29, 0.717) is 56.6 Å². The van der Waals surface area contributed by atoms with Gasteiger partial charge >= 0.3 is 6.18 Å². The summed E-state index contributed by atoms with van der Waals surface area (Å²) >= 11 is 0. The lowest BCUT2D eigenvalue weighted by Gasteiger charge is -2.12. The van der Waals surface area contributed by atoms with Crippen LogP contribution in [-0.2, 0) is 6.18 Å². The monoisotopic (exact) mass is 684 g/mol. The third-order valence-electron chi connectivity index (χ3n) is 9.07. The molecule has 0 aromatic heterocycles. The number of fused-ring (bicyclic) bond motifs is 6. The van der Waals surface area contributed by atoms with Crippen LogP contribution in [0.1, 0.15) is 33.4 Å². The van der Waals surface area contributed by atoms with Gasteiger partial charge in [0.2, 0.25) is 0 Å². The van der Waals surface area contributed by atoms with Gasteiger partial charge in [-0.15, -0.1) is 0 Å². The van der Waals surface area contributed by atoms with E-state index in [0.717, 1.165) is 0 Å². The number of allylic oxidation sites excluding steroid dienone is 2. The van der Waals surface area contributed by atoms with E-state index in [1.54, 1.807) is 36.4 Å². The largest absolute Gasteiger partial charge is 0.422 e. The van der Waals surface area contributed by atoms with E-state index in [1.807, 2.05) is 24.3 Å². The van der Waals surface area contributed by atoms with Crippen LogP contribution in [0, 0.1) is 75.5 Å². The molecule has 0 aliphatic heterocycles. The second-order valence-electron chi connectivity index (χ2n) is 11.8. The van der Waals surface area contributed by atoms with Crippen LogP contribution in [0.25, 0.3) is 55.7 Å². The van der Waals surface area contributed by atoms with Crippen LogP contribution in [0.5, 0.6) is 0 Å². The normalized spacial score (nSPS) is 12.2. The van der Waals surface area contributed by atoms with Crippen molar-refractivity contribution in [2.75, 3.05) is 0 Å². The molecule has 0 heterocycles. The molecule has 5 aromatic rings. The summed E-state index contributed by atoms with van der Waals surface area (Å²) in [6.45, 7) is 1.31. The van der Waals surface area contributed by atoms with Gasteiger partial charge in [-0.05, 0) is 122 Å². The first kappa shape index (κ1) is 32.6. The molecule has 0 unspecified atom stereocenters. The Bertz CT molecular complexity index is 2590. The Balaban J connectivity index is 1.46. The fraction of sp³-hybridized carbons (Fsp3) is 0.0500. The second kappa shape index (κ2) is 11.6. The molecule has 244 valence electrons. The lowest BCUT2D eigenvalue weighted by Crippen LogP contribution is -2.11. The Hall–Kier alpha value is -6.95. The molecule has 0 radical (unpaired) electrons. The van der Waals surface area contributed by atoms with Crippen molar-refractivity contribution in [1.29, 1.82) is 21.0 Å². The first-order valence-electron chi connectivity index (χ1n) is 14.9. The highest BCUT2D eigenvalue weighted by molar-refractivity contribution is 6.11. The lowest BCUT2D eigenvalue weighted by molar-refractivity contribution is -0.142. The predicted octanol–water partition coefficient (Wildman–Crippen LogP) is 10.6. The summed E-state index contributed by atoms with van der Waals surface area (Å²) in [7, 11) is 0. The van der Waals surface area contributed by atoms with E-state index in [-0.39, 0.29) is 50.1 Å². The van der Waals surface area contributed by atoms with Gasteiger partial charge in [-0.3, -0.25) is 0 Å². The standard InChI is InChI=1S/C40H15F7N4/c1-18-33(41)8-21(9-34(18)42)19-2-4-25-27-12-28-26-5-3-20(22-10-35(43)39(36(44)11-22)40(45,46)47)7-30(26)38(24(16-50)17-51)32(28)13-31(27)37(29(25)6-19)23(14-48)15-49/h2-13H,1H3. The van der Waals surface area contributed by atoms with Gasteiger partial charge in [-0.2, -0.15) is 34.2 Å². The van der Waals surface area contributed by atoms with Crippen molar-refractivity contribution in [2.45, 2.75) is 13.1 Å². The molecule has 0 saturated heterocycles. The molecule has 0 bridgehead atoms. The van der Waals surface area contributed by atoms with Crippen LogP contribution >= 0.6 is 0 Å². The summed E-state index contributed by atoms with van der Waals surface area (Å²) in [4.78, 5) is 0. The number of nitrogens with zero attached hydrogens (tertiary/aromatic N) is 4. The van der Waals surface area contributed by atoms with Gasteiger partial charge in [-0.1, -0.05) is 24.3 Å². The van der Waals surface area contributed by atoms with Crippen LogP contribution in [0.2, 0.25) is 0 Å². The number of rotatable bonds is 2. The molecule has 5 aromatic carbocycles. The second-order valence-corrected chi connectivity index (χ2v) is 11.8. The number of benzene rings is 5. The molecule has 0 saturated carbocycles. The van der Waals surface area contributed by atoms with Gasteiger partial charge in [0.05, 0.1) is 0 Å². The molecule has 0 atom stereocenters. The fourth-order valence-electron chi connectivity index (χ4n) is 6.72. The molecule has 4 nitrogen and oxygen atoms in total. The van der Waals surface area contributed by atoms with Crippen LogP contribution in [0.4, 0.5) is 30.7 Å². The molecule has 0 N–H and O–H groups in total. The molecule has 7 rings (SSSR count). The Kier molecular flexibility index (Phi) is 7.40. The smallest absolute Gasteiger partial charge is 0.207 e. The molecule has 51 heavy (non-hydrogen) atoms. The van der Waals surface area contributed by atoms with Gasteiger partial charge in [0.15, 0.2) is 0 Å². The number of alkyl halides is 3. The molecule has 0 fully saturated rings. The third kappa shape index (κ3) is 4.95. The third-order valence-corrected chi connectivity index (χ3v) is 9.07. The van der Waals surface area contributed by atoms with Crippen LogP contribution in [0.3, 0.4) is 0 Å². The Morgan fingerprint density at radius 3 is 1.18 bits per heavy atom. The minimum atomic E-state index is -5.27. The zero-order valence-electron chi connectivity index (χ0n) is 25.9. The Labute approximate surface area is 285 Å². The SMILES string of the molecule is Cc1c(F)cc(-c2ccc3c(c2)C(=C(C#N)C#N)c2cc4c(cc2-3)-c2ccc(-c3cc(F)c(C(F)(F)F)c(F)c3)cc2C4=C(C#N)C#N)cc1F. The molecule has 2 aliphatic carbocycles. The van der Waals surface area contributed by atoms with Crippen molar-refractivity contribution in [3.8, 4) is 68.8 Å². The maximum Gasteiger partial charge on any atom is 0.422 e. The van der Waals surface area contributed by atoms with E-state index in [9.17, 15) is 51.8 Å². The van der Waals surface area contributed by atoms with Crippen molar-refractivity contribution in [3.05, 3.63) is 141 Å². The van der Waals surface area contributed by atoms with E-state index in [4.69, 9.17) is 0 Å². The maximum atomic E-state index is 14.5. The van der Waals surface area contributed by atoms with Crippen LogP contribution < -0.4 is 0 Å². The quantitative estimate of drug-likeness (QED) is 0.134. The molecule has 11 heteroatoms. The average molecular weight is 685 g/mol. The van der Waals surface area contributed by atoms with Crippen molar-refractivity contribution in [3.63, 3.8) is 0 Å². The van der Waals surface area contributed by atoms with E-state index < -0.39 is 35.0 Å². The summed E-state index contributed by atoms with van der Waals surface area (Å²) in [5.41, 5.74) is 1.67. The first-order chi connectivity index (χ1) is 24.3. The van der Waals surface area contributed by atoms with E-state index >= 15 is 0 Å². The van der Waals surface area contributed by atoms with Crippen molar-refractivity contribution >= 4 is 11.1 Å². The van der Waals surface area contributed by atoms with Crippen molar-refractivity contribution in [1.82, 2.24) is 0 Å². The van der Waals surface area contributed by atoms with Crippen molar-refractivity contribution < 1.29 is 30.7 Å². The summed E-state index contributed by atoms with van der Waals surface area (Å²) < 4.78 is 97.8. The van der Waals surface area contributed by atoms with Gasteiger partial charge in [0, 0.05) is 16.7 Å². The highest BCUT2D eigenvalue weighted by Crippen LogP contribution is 2.54. The fourth-order valence-corrected chi connectivity index (χ4v) is 6.72. The van der Waals surface area contributed by atoms with Gasteiger partial charge in [-0.25, -0.2) is 17.6 Å². The summed E-state index contributed by atoms with van der Waals surface area (Å²) in [6, 6.07) is 23.7. The molecular weight excluding hydrogens is 669 g/mol. The molecule has 0 spiro atoms.